The minimum atomic E-state index is 0.431. The zero-order valence-electron chi connectivity index (χ0n) is 10.7. The van der Waals surface area contributed by atoms with E-state index >= 15 is 0 Å². The maximum absolute atomic E-state index is 5.39. The van der Waals surface area contributed by atoms with Gasteiger partial charge in [0, 0.05) is 25.6 Å². The quantitative estimate of drug-likeness (QED) is 0.882. The van der Waals surface area contributed by atoms with Gasteiger partial charge in [0.25, 0.3) is 0 Å². The van der Waals surface area contributed by atoms with Crippen LogP contribution in [0.4, 0.5) is 0 Å². The number of ether oxygens (including phenoxy) is 1. The molecule has 2 saturated heterocycles. The molecule has 1 aromatic heterocycles. The molecular formula is C13H21N3O2. The molecular weight excluding hydrogens is 230 g/mol. The molecule has 0 radical (unpaired) electrons. The van der Waals surface area contributed by atoms with E-state index in [1.807, 2.05) is 0 Å². The fourth-order valence-corrected chi connectivity index (χ4v) is 2.82. The molecule has 0 aromatic carbocycles. The van der Waals surface area contributed by atoms with Crippen molar-refractivity contribution in [1.82, 2.24) is 15.5 Å². The average Bonchev–Trinajstić information content (AvgIpc) is 2.89. The van der Waals surface area contributed by atoms with Gasteiger partial charge in [-0.25, -0.2) is 0 Å². The molecule has 3 rings (SSSR count). The number of aromatic nitrogens is 2. The maximum Gasteiger partial charge on any atom is 0.226 e. The van der Waals surface area contributed by atoms with E-state index in [1.54, 1.807) is 0 Å². The van der Waals surface area contributed by atoms with Crippen LogP contribution in [0.2, 0.25) is 0 Å². The van der Waals surface area contributed by atoms with Crippen molar-refractivity contribution < 1.29 is 9.26 Å². The Labute approximate surface area is 107 Å². The average molecular weight is 251 g/mol. The number of nitrogens with zero attached hydrogens (tertiary/aromatic N) is 2. The van der Waals surface area contributed by atoms with E-state index in [0.29, 0.717) is 11.8 Å². The Morgan fingerprint density at radius 3 is 2.89 bits per heavy atom. The van der Waals surface area contributed by atoms with Crippen LogP contribution in [-0.2, 0) is 11.2 Å². The van der Waals surface area contributed by atoms with E-state index in [4.69, 9.17) is 9.26 Å². The Morgan fingerprint density at radius 1 is 1.22 bits per heavy atom. The molecule has 18 heavy (non-hydrogen) atoms. The summed E-state index contributed by atoms with van der Waals surface area (Å²) in [6.07, 6.45) is 5.48. The molecule has 100 valence electrons. The van der Waals surface area contributed by atoms with Gasteiger partial charge >= 0.3 is 0 Å². The van der Waals surface area contributed by atoms with E-state index in [0.717, 1.165) is 57.3 Å². The molecule has 0 spiro atoms. The summed E-state index contributed by atoms with van der Waals surface area (Å²) >= 11 is 0. The van der Waals surface area contributed by atoms with Crippen LogP contribution in [0.15, 0.2) is 4.52 Å². The molecule has 3 heterocycles. The first-order chi connectivity index (χ1) is 8.92. The van der Waals surface area contributed by atoms with Gasteiger partial charge in [0.15, 0.2) is 5.82 Å². The number of hydrogen-bond donors (Lipinski definition) is 1. The van der Waals surface area contributed by atoms with Crippen molar-refractivity contribution in [2.45, 2.75) is 38.0 Å². The molecule has 2 fully saturated rings. The molecule has 0 saturated carbocycles. The second kappa shape index (κ2) is 5.80. The van der Waals surface area contributed by atoms with Gasteiger partial charge < -0.3 is 14.6 Å². The van der Waals surface area contributed by atoms with Crippen molar-refractivity contribution in [3.05, 3.63) is 11.7 Å². The summed E-state index contributed by atoms with van der Waals surface area (Å²) in [6.45, 7) is 3.87. The normalized spacial score (nSPS) is 26.3. The number of rotatable bonds is 3. The Hall–Kier alpha value is -0.940. The molecule has 0 bridgehead atoms. The highest BCUT2D eigenvalue weighted by Crippen LogP contribution is 2.25. The molecule has 1 aromatic rings. The summed E-state index contributed by atoms with van der Waals surface area (Å²) in [5, 5.41) is 7.56. The van der Waals surface area contributed by atoms with Crippen molar-refractivity contribution in [1.29, 1.82) is 0 Å². The van der Waals surface area contributed by atoms with E-state index in [-0.39, 0.29) is 0 Å². The molecule has 5 nitrogen and oxygen atoms in total. The van der Waals surface area contributed by atoms with Crippen LogP contribution < -0.4 is 5.32 Å². The van der Waals surface area contributed by atoms with Crippen molar-refractivity contribution >= 4 is 0 Å². The lowest BCUT2D eigenvalue weighted by Crippen LogP contribution is -2.30. The molecule has 1 atom stereocenters. The fourth-order valence-electron chi connectivity index (χ4n) is 2.82. The first-order valence-electron chi connectivity index (χ1n) is 7.03. The second-order valence-electron chi connectivity index (χ2n) is 5.35. The van der Waals surface area contributed by atoms with Crippen LogP contribution in [-0.4, -0.2) is 36.4 Å². The topological polar surface area (TPSA) is 60.2 Å². The van der Waals surface area contributed by atoms with E-state index < -0.39 is 0 Å². The first kappa shape index (κ1) is 12.1. The number of piperidine rings is 1. The Kier molecular flexibility index (Phi) is 3.90. The third kappa shape index (κ3) is 2.90. The predicted octanol–water partition coefficient (Wildman–Crippen LogP) is 1.51. The largest absolute Gasteiger partial charge is 0.381 e. The minimum absolute atomic E-state index is 0.431. The molecule has 2 aliphatic heterocycles. The summed E-state index contributed by atoms with van der Waals surface area (Å²) in [5.74, 6) is 2.78. The SMILES string of the molecule is C1CNC[C@@H](Cc2nc(C3CCOCC3)no2)C1. The van der Waals surface area contributed by atoms with E-state index in [1.165, 1.54) is 12.8 Å². The molecule has 2 aliphatic rings. The van der Waals surface area contributed by atoms with E-state index in [2.05, 4.69) is 15.5 Å². The summed E-state index contributed by atoms with van der Waals surface area (Å²) in [4.78, 5) is 4.57. The van der Waals surface area contributed by atoms with Gasteiger partial charge in [-0.05, 0) is 44.7 Å². The monoisotopic (exact) mass is 251 g/mol. The lowest BCUT2D eigenvalue weighted by Gasteiger charge is -2.21. The molecule has 0 aliphatic carbocycles. The van der Waals surface area contributed by atoms with Gasteiger partial charge in [-0.2, -0.15) is 4.98 Å². The van der Waals surface area contributed by atoms with Gasteiger partial charge in [-0.3, -0.25) is 0 Å². The predicted molar refractivity (Wildman–Crippen MR) is 66.4 cm³/mol. The highest BCUT2D eigenvalue weighted by molar-refractivity contribution is 4.97. The zero-order valence-corrected chi connectivity index (χ0v) is 10.7. The lowest BCUT2D eigenvalue weighted by molar-refractivity contribution is 0.0830. The standard InChI is InChI=1S/C13H21N3O2/c1-2-10(9-14-5-1)8-12-15-13(16-18-12)11-3-6-17-7-4-11/h10-11,14H,1-9H2/t10-/m1/s1. The molecule has 0 unspecified atom stereocenters. The first-order valence-corrected chi connectivity index (χ1v) is 7.03. The van der Waals surface area contributed by atoms with Gasteiger partial charge in [0.2, 0.25) is 5.89 Å². The summed E-state index contributed by atoms with van der Waals surface area (Å²) < 4.78 is 10.7. The Morgan fingerprint density at radius 2 is 2.11 bits per heavy atom. The Balaban J connectivity index is 1.58. The summed E-state index contributed by atoms with van der Waals surface area (Å²) in [7, 11) is 0. The van der Waals surface area contributed by atoms with Gasteiger partial charge in [0.1, 0.15) is 0 Å². The van der Waals surface area contributed by atoms with Crippen molar-refractivity contribution in [2.24, 2.45) is 5.92 Å². The highest BCUT2D eigenvalue weighted by Gasteiger charge is 2.23. The van der Waals surface area contributed by atoms with Gasteiger partial charge in [0.05, 0.1) is 0 Å². The van der Waals surface area contributed by atoms with Crippen LogP contribution in [0.3, 0.4) is 0 Å². The van der Waals surface area contributed by atoms with Crippen LogP contribution in [0, 0.1) is 5.92 Å². The lowest BCUT2D eigenvalue weighted by atomic mass is 9.96. The maximum atomic E-state index is 5.39. The third-order valence-corrected chi connectivity index (χ3v) is 3.93. The second-order valence-corrected chi connectivity index (χ2v) is 5.35. The minimum Gasteiger partial charge on any atom is -0.381 e. The van der Waals surface area contributed by atoms with Crippen LogP contribution in [0.25, 0.3) is 0 Å². The van der Waals surface area contributed by atoms with Crippen LogP contribution in [0.5, 0.6) is 0 Å². The number of hydrogen-bond acceptors (Lipinski definition) is 5. The zero-order chi connectivity index (χ0) is 12.2. The van der Waals surface area contributed by atoms with Gasteiger partial charge in [-0.1, -0.05) is 5.16 Å². The van der Waals surface area contributed by atoms with E-state index in [9.17, 15) is 0 Å². The van der Waals surface area contributed by atoms with Crippen molar-refractivity contribution in [3.8, 4) is 0 Å². The highest BCUT2D eigenvalue weighted by atomic mass is 16.5. The van der Waals surface area contributed by atoms with Crippen molar-refractivity contribution in [3.63, 3.8) is 0 Å². The van der Waals surface area contributed by atoms with Gasteiger partial charge in [-0.15, -0.1) is 0 Å². The smallest absolute Gasteiger partial charge is 0.226 e. The molecule has 0 amide bonds. The molecule has 5 heteroatoms. The van der Waals surface area contributed by atoms with Crippen LogP contribution in [0.1, 0.15) is 43.3 Å². The summed E-state index contributed by atoms with van der Waals surface area (Å²) in [5.41, 5.74) is 0. The fraction of sp³-hybridized carbons (Fsp3) is 0.846. The number of nitrogens with one attached hydrogen (secondary N) is 1. The molecule has 1 N–H and O–H groups in total. The third-order valence-electron chi connectivity index (χ3n) is 3.93. The van der Waals surface area contributed by atoms with Crippen LogP contribution >= 0.6 is 0 Å². The van der Waals surface area contributed by atoms with Crippen molar-refractivity contribution in [2.75, 3.05) is 26.3 Å². The summed E-state index contributed by atoms with van der Waals surface area (Å²) in [6, 6.07) is 0. The Bertz CT molecular complexity index is 368.